The van der Waals surface area contributed by atoms with Crippen molar-refractivity contribution in [2.45, 2.75) is 142 Å². The van der Waals surface area contributed by atoms with Crippen molar-refractivity contribution in [3.8, 4) is 0 Å². The number of aliphatic hydroxyl groups is 2. The number of ether oxygens (including phenoxy) is 4. The lowest BCUT2D eigenvalue weighted by molar-refractivity contribution is -0.158. The molecule has 10 heteroatoms. The fourth-order valence-electron chi connectivity index (χ4n) is 6.40. The molecule has 0 bridgehead atoms. The van der Waals surface area contributed by atoms with Gasteiger partial charge in [0.15, 0.2) is 11.7 Å². The van der Waals surface area contributed by atoms with E-state index in [2.05, 4.69) is 13.0 Å². The first-order valence-electron chi connectivity index (χ1n) is 17.1. The topological polar surface area (TPSA) is 135 Å². The van der Waals surface area contributed by atoms with Gasteiger partial charge in [-0.2, -0.15) is 0 Å². The van der Waals surface area contributed by atoms with E-state index >= 15 is 0 Å². The lowest BCUT2D eigenvalue weighted by Gasteiger charge is -2.38. The third kappa shape index (κ3) is 11.2. The second-order valence-corrected chi connectivity index (χ2v) is 13.8. The van der Waals surface area contributed by atoms with E-state index in [0.29, 0.717) is 19.5 Å². The number of carbonyl (C=O) groups is 3. The number of hydrogen-bond donors (Lipinski definition) is 2. The highest BCUT2D eigenvalue weighted by atomic mass is 16.6. The summed E-state index contributed by atoms with van der Waals surface area (Å²) in [6.45, 7) is 14.1. The van der Waals surface area contributed by atoms with Gasteiger partial charge in [-0.05, 0) is 76.4 Å². The number of carbonyl (C=O) groups excluding carboxylic acids is 3. The number of epoxide rings is 1. The molecule has 3 rings (SSSR count). The largest absolute Gasteiger partial charge is 0.457 e. The molecule has 0 unspecified atom stereocenters. The van der Waals surface area contributed by atoms with Crippen molar-refractivity contribution in [3.05, 3.63) is 36.0 Å². The number of hydrogen-bond acceptors (Lipinski definition) is 9. The molecule has 3 aliphatic heterocycles. The van der Waals surface area contributed by atoms with Gasteiger partial charge in [0.25, 0.3) is 0 Å². The summed E-state index contributed by atoms with van der Waals surface area (Å²) in [6, 6.07) is 0. The highest BCUT2D eigenvalue weighted by Gasteiger charge is 2.45. The maximum atomic E-state index is 13.2. The van der Waals surface area contributed by atoms with Crippen LogP contribution in [0.3, 0.4) is 0 Å². The van der Waals surface area contributed by atoms with Gasteiger partial charge >= 0.3 is 18.0 Å². The Hall–Kier alpha value is -2.69. The molecule has 2 N–H and O–H groups in total. The van der Waals surface area contributed by atoms with Crippen LogP contribution in [-0.2, 0) is 28.5 Å². The Balaban J connectivity index is 1.77. The molecule has 2 fully saturated rings. The molecule has 0 aromatic heterocycles. The first kappa shape index (κ1) is 37.8. The van der Waals surface area contributed by atoms with Crippen LogP contribution in [0.15, 0.2) is 36.0 Å². The Morgan fingerprint density at radius 3 is 2.52 bits per heavy atom. The van der Waals surface area contributed by atoms with Crippen LogP contribution in [0.1, 0.15) is 99.8 Å². The van der Waals surface area contributed by atoms with Gasteiger partial charge in [-0.25, -0.2) is 4.79 Å². The summed E-state index contributed by atoms with van der Waals surface area (Å²) < 4.78 is 23.5. The molecule has 0 saturated carbocycles. The highest BCUT2D eigenvalue weighted by Crippen LogP contribution is 2.36. The van der Waals surface area contributed by atoms with Crippen LogP contribution in [0.4, 0.5) is 4.79 Å². The van der Waals surface area contributed by atoms with Crippen LogP contribution in [0.5, 0.6) is 0 Å². The smallest absolute Gasteiger partial charge is 0.410 e. The van der Waals surface area contributed by atoms with Gasteiger partial charge in [-0.15, -0.1) is 0 Å². The zero-order valence-corrected chi connectivity index (χ0v) is 28.9. The summed E-state index contributed by atoms with van der Waals surface area (Å²) in [5.74, 6) is -1.02. The van der Waals surface area contributed by atoms with Crippen LogP contribution in [0.2, 0.25) is 0 Å². The van der Waals surface area contributed by atoms with E-state index in [1.54, 1.807) is 17.9 Å². The predicted octanol–water partition coefficient (Wildman–Crippen LogP) is 5.65. The molecule has 10 nitrogen and oxygen atoms in total. The second-order valence-electron chi connectivity index (χ2n) is 13.8. The lowest BCUT2D eigenvalue weighted by Crippen LogP contribution is -2.49. The van der Waals surface area contributed by atoms with E-state index in [1.165, 1.54) is 6.92 Å². The number of allylic oxidation sites excluding steroid dienone is 3. The molecule has 3 aliphatic rings. The van der Waals surface area contributed by atoms with Crippen LogP contribution in [-0.4, -0.2) is 88.5 Å². The van der Waals surface area contributed by atoms with Crippen molar-refractivity contribution in [2.75, 3.05) is 13.1 Å². The number of esters is 2. The number of nitrogens with zero attached hydrogens (tertiary/aromatic N) is 1. The molecule has 0 aromatic carbocycles. The summed E-state index contributed by atoms with van der Waals surface area (Å²) >= 11 is 0. The second kappa shape index (κ2) is 17.5. The van der Waals surface area contributed by atoms with Gasteiger partial charge in [0.1, 0.15) is 6.10 Å². The van der Waals surface area contributed by atoms with Crippen LogP contribution in [0, 0.1) is 17.8 Å². The van der Waals surface area contributed by atoms with Crippen molar-refractivity contribution in [3.63, 3.8) is 0 Å². The van der Waals surface area contributed by atoms with E-state index in [9.17, 15) is 24.6 Å². The van der Waals surface area contributed by atoms with Crippen molar-refractivity contribution < 1.29 is 43.5 Å². The van der Waals surface area contributed by atoms with Crippen LogP contribution < -0.4 is 0 Å². The Bertz CT molecular complexity index is 1110. The number of cyclic esters (lactones) is 1. The van der Waals surface area contributed by atoms with Crippen molar-refractivity contribution in [1.29, 1.82) is 0 Å². The molecule has 1 amide bonds. The van der Waals surface area contributed by atoms with E-state index in [4.69, 9.17) is 18.9 Å². The fraction of sp³-hybridized carbons (Fsp3) is 0.750. The van der Waals surface area contributed by atoms with Gasteiger partial charge in [0.2, 0.25) is 0 Å². The molecular formula is C36H57NO9. The third-order valence-corrected chi connectivity index (χ3v) is 9.55. The zero-order chi connectivity index (χ0) is 34.0. The molecule has 46 heavy (non-hydrogen) atoms. The number of piperidine rings is 1. The Labute approximate surface area is 275 Å². The van der Waals surface area contributed by atoms with Crippen molar-refractivity contribution >= 4 is 18.0 Å². The molecule has 2 saturated heterocycles. The molecular weight excluding hydrogens is 590 g/mol. The number of amides is 1. The normalized spacial score (nSPS) is 34.0. The van der Waals surface area contributed by atoms with Gasteiger partial charge in [-0.1, -0.05) is 52.0 Å². The summed E-state index contributed by atoms with van der Waals surface area (Å²) in [5.41, 5.74) is -0.458. The Kier molecular flexibility index (Phi) is 14.3. The van der Waals surface area contributed by atoms with Gasteiger partial charge in [0.05, 0.1) is 30.8 Å². The average Bonchev–Trinajstić information content (AvgIpc) is 3.78. The van der Waals surface area contributed by atoms with E-state index < -0.39 is 41.9 Å². The third-order valence-electron chi connectivity index (χ3n) is 9.55. The monoisotopic (exact) mass is 647 g/mol. The quantitative estimate of drug-likeness (QED) is 0.101. The highest BCUT2D eigenvalue weighted by molar-refractivity contribution is 5.71. The maximum Gasteiger partial charge on any atom is 0.410 e. The number of aliphatic hydroxyl groups excluding tert-OH is 2. The lowest BCUT2D eigenvalue weighted by atomic mass is 9.88. The molecule has 10 atom stereocenters. The van der Waals surface area contributed by atoms with Crippen molar-refractivity contribution in [1.82, 2.24) is 4.90 Å². The number of rotatable bonds is 10. The van der Waals surface area contributed by atoms with Crippen LogP contribution in [0.25, 0.3) is 0 Å². The minimum absolute atomic E-state index is 0.0904. The molecule has 0 radical (unpaired) electrons. The summed E-state index contributed by atoms with van der Waals surface area (Å²) in [7, 11) is 0. The predicted molar refractivity (Wildman–Crippen MR) is 175 cm³/mol. The van der Waals surface area contributed by atoms with E-state index in [1.807, 2.05) is 45.9 Å². The van der Waals surface area contributed by atoms with Crippen molar-refractivity contribution in [2.24, 2.45) is 17.8 Å². The minimum atomic E-state index is -1.27. The molecule has 3 heterocycles. The summed E-state index contributed by atoms with van der Waals surface area (Å²) in [6.07, 6.45) is 10.8. The summed E-state index contributed by atoms with van der Waals surface area (Å²) in [4.78, 5) is 40.0. The SMILES string of the molecule is CC[C@H](O)[C@@H](C)[C@H]1O[C@@H]1C[C@H](C)/C=C/C=C(\C)[C@H]1OC(=O)C[C@H](O)CC[C@@](C)(OC(=O)N2CCCCC2)[C@@H](OC(C)=O)/C=C/[C@@H]1C. The molecule has 0 aromatic rings. The zero-order valence-electron chi connectivity index (χ0n) is 28.9. The van der Waals surface area contributed by atoms with Gasteiger partial charge in [-0.3, -0.25) is 9.59 Å². The Morgan fingerprint density at radius 1 is 1.17 bits per heavy atom. The maximum absolute atomic E-state index is 13.2. The molecule has 0 aliphatic carbocycles. The summed E-state index contributed by atoms with van der Waals surface area (Å²) in [5, 5.41) is 20.9. The minimum Gasteiger partial charge on any atom is -0.457 e. The Morgan fingerprint density at radius 2 is 1.87 bits per heavy atom. The standard InChI is InChI=1S/C36H57NO9/c1-8-29(40)26(5)34-30(44-34)21-23(2)13-12-14-24(3)33-25(4)15-16-31(43-27(6)38)36(7,18-17-28(39)22-32(41)45-33)46-35(42)37-19-10-9-11-20-37/h12-16,23,25-26,28-31,33-34,39-40H,8-11,17-22H2,1-7H3/b13-12+,16-15+,24-14+/t23-,25+,26-,28-,29+,30-,31+,33-,34-,36-/m1/s1. The van der Waals surface area contributed by atoms with Gasteiger partial charge in [0, 0.05) is 31.8 Å². The van der Waals surface area contributed by atoms with Crippen LogP contribution >= 0.6 is 0 Å². The van der Waals surface area contributed by atoms with E-state index in [0.717, 1.165) is 31.3 Å². The molecule has 0 spiro atoms. The molecule has 260 valence electrons. The first-order chi connectivity index (χ1) is 21.7. The fourth-order valence-corrected chi connectivity index (χ4v) is 6.40. The first-order valence-corrected chi connectivity index (χ1v) is 17.1. The van der Waals surface area contributed by atoms with E-state index in [-0.39, 0.29) is 55.3 Å². The average molecular weight is 648 g/mol. The number of likely N-dealkylation sites (tertiary alicyclic amines) is 1. The van der Waals surface area contributed by atoms with Gasteiger partial charge < -0.3 is 34.1 Å².